The third-order valence-electron chi connectivity index (χ3n) is 8.52. The number of hydrogen-bond acceptors (Lipinski definition) is 7. The van der Waals surface area contributed by atoms with Crippen LogP contribution in [0.2, 0.25) is 0 Å². The molecular weight excluding hydrogens is 673 g/mol. The lowest BCUT2D eigenvalue weighted by molar-refractivity contribution is -0.153. The molecular formula is C43H78NO7P. The van der Waals surface area contributed by atoms with Gasteiger partial charge in [-0.25, -0.2) is 4.57 Å². The minimum Gasteiger partial charge on any atom is -0.498 e. The van der Waals surface area contributed by atoms with E-state index in [1.54, 1.807) is 6.26 Å². The van der Waals surface area contributed by atoms with Crippen molar-refractivity contribution in [1.82, 2.24) is 0 Å². The van der Waals surface area contributed by atoms with Gasteiger partial charge in [0.1, 0.15) is 6.61 Å². The second kappa shape index (κ2) is 40.2. The van der Waals surface area contributed by atoms with Gasteiger partial charge in [-0.1, -0.05) is 165 Å². The van der Waals surface area contributed by atoms with Gasteiger partial charge in [-0.2, -0.15) is 0 Å². The van der Waals surface area contributed by atoms with Gasteiger partial charge in [-0.05, 0) is 57.4 Å². The zero-order chi connectivity index (χ0) is 38.1. The van der Waals surface area contributed by atoms with Crippen molar-refractivity contribution in [1.29, 1.82) is 0 Å². The second-order valence-corrected chi connectivity index (χ2v) is 15.0. The summed E-state index contributed by atoms with van der Waals surface area (Å²) >= 11 is 0. The van der Waals surface area contributed by atoms with Gasteiger partial charge >= 0.3 is 13.8 Å². The Labute approximate surface area is 319 Å². The number of unbranched alkanes of at least 4 members (excludes halogenated alkanes) is 18. The maximum absolute atomic E-state index is 12.5. The van der Waals surface area contributed by atoms with E-state index in [-0.39, 0.29) is 32.8 Å². The van der Waals surface area contributed by atoms with E-state index < -0.39 is 19.9 Å². The second-order valence-electron chi connectivity index (χ2n) is 13.6. The summed E-state index contributed by atoms with van der Waals surface area (Å²) in [5.74, 6) is -0.431. The van der Waals surface area contributed by atoms with Gasteiger partial charge in [0.2, 0.25) is 0 Å². The number of nitrogens with two attached hydrogens (primary N) is 1. The van der Waals surface area contributed by atoms with E-state index >= 15 is 0 Å². The number of ether oxygens (including phenoxy) is 2. The minimum atomic E-state index is -4.31. The highest BCUT2D eigenvalue weighted by Gasteiger charge is 2.25. The highest BCUT2D eigenvalue weighted by Crippen LogP contribution is 2.43. The van der Waals surface area contributed by atoms with Crippen molar-refractivity contribution in [3.05, 3.63) is 60.9 Å². The molecule has 0 heterocycles. The molecule has 9 heteroatoms. The van der Waals surface area contributed by atoms with Crippen LogP contribution < -0.4 is 5.73 Å². The van der Waals surface area contributed by atoms with Crippen LogP contribution in [0.25, 0.3) is 0 Å². The van der Waals surface area contributed by atoms with Gasteiger partial charge in [-0.3, -0.25) is 13.8 Å². The maximum Gasteiger partial charge on any atom is 0.472 e. The summed E-state index contributed by atoms with van der Waals surface area (Å²) in [6.07, 6.45) is 49.2. The van der Waals surface area contributed by atoms with Gasteiger partial charge in [0.25, 0.3) is 0 Å². The Hall–Kier alpha value is -1.96. The molecule has 0 aromatic rings. The Balaban J connectivity index is 4.24. The maximum atomic E-state index is 12.5. The molecule has 0 aliphatic rings. The third-order valence-corrected chi connectivity index (χ3v) is 9.50. The predicted octanol–water partition coefficient (Wildman–Crippen LogP) is 12.5. The quantitative estimate of drug-likeness (QED) is 0.0210. The summed E-state index contributed by atoms with van der Waals surface area (Å²) in [6.45, 7) is 4.14. The Morgan fingerprint density at radius 3 is 1.54 bits per heavy atom. The van der Waals surface area contributed by atoms with Crippen molar-refractivity contribution in [2.24, 2.45) is 5.73 Å². The fourth-order valence-electron chi connectivity index (χ4n) is 5.44. The van der Waals surface area contributed by atoms with Crippen molar-refractivity contribution in [2.45, 2.75) is 180 Å². The zero-order valence-corrected chi connectivity index (χ0v) is 34.2. The number of esters is 1. The number of allylic oxidation sites excluding steroid dienone is 9. The van der Waals surface area contributed by atoms with Gasteiger partial charge in [0.05, 0.1) is 19.5 Å². The number of phosphoric ester groups is 1. The van der Waals surface area contributed by atoms with E-state index in [9.17, 15) is 14.3 Å². The molecule has 0 spiro atoms. The van der Waals surface area contributed by atoms with Gasteiger partial charge in [0.15, 0.2) is 6.10 Å². The highest BCUT2D eigenvalue weighted by atomic mass is 31.2. The molecule has 2 atom stereocenters. The molecule has 0 amide bonds. The molecule has 0 radical (unpaired) electrons. The lowest BCUT2D eigenvalue weighted by Gasteiger charge is -2.19. The molecule has 52 heavy (non-hydrogen) atoms. The molecule has 0 fully saturated rings. The van der Waals surface area contributed by atoms with Gasteiger partial charge < -0.3 is 20.1 Å². The molecule has 0 saturated heterocycles. The first kappa shape index (κ1) is 50.0. The normalized spacial score (nSPS) is 14.1. The van der Waals surface area contributed by atoms with Crippen LogP contribution in [-0.2, 0) is 27.9 Å². The van der Waals surface area contributed by atoms with Crippen LogP contribution in [-0.4, -0.2) is 43.3 Å². The Kier molecular flexibility index (Phi) is 38.7. The summed E-state index contributed by atoms with van der Waals surface area (Å²) in [7, 11) is -4.31. The van der Waals surface area contributed by atoms with Crippen LogP contribution in [0.4, 0.5) is 0 Å². The van der Waals surface area contributed by atoms with Crippen LogP contribution in [0.15, 0.2) is 60.9 Å². The highest BCUT2D eigenvalue weighted by molar-refractivity contribution is 7.47. The molecule has 2 unspecified atom stereocenters. The molecule has 0 bridgehead atoms. The van der Waals surface area contributed by atoms with Gasteiger partial charge in [-0.15, -0.1) is 0 Å². The lowest BCUT2D eigenvalue weighted by atomic mass is 10.0. The third kappa shape index (κ3) is 39.3. The Bertz CT molecular complexity index is 979. The van der Waals surface area contributed by atoms with Crippen LogP contribution >= 0.6 is 7.82 Å². The van der Waals surface area contributed by atoms with Crippen LogP contribution in [0, 0.1) is 0 Å². The van der Waals surface area contributed by atoms with Crippen LogP contribution in [0.3, 0.4) is 0 Å². The number of phosphoric acid groups is 1. The molecule has 0 aliphatic carbocycles. The molecule has 0 aromatic carbocycles. The summed E-state index contributed by atoms with van der Waals surface area (Å²) in [6, 6.07) is 0. The van der Waals surface area contributed by atoms with Crippen LogP contribution in [0.1, 0.15) is 174 Å². The molecule has 302 valence electrons. The number of hydrogen-bond donors (Lipinski definition) is 2. The standard InChI is InChI=1S/C43H78NO7P/c1-3-5-7-9-11-13-15-17-19-20-21-22-23-24-26-28-30-32-34-36-43(45)51-42(41-50-52(46,47)49-39-37-44)40-48-38-35-33-31-29-27-25-18-16-14-12-10-8-6-4-2/h17,19,21-22,24,26,30,32,35,38,42H,3-16,18,20,23,25,27-29,31,33-34,36-37,39-41,44H2,1-2H3,(H,46,47)/b19-17-,22-21-,26-24-,32-30-,38-35+. The van der Waals surface area contributed by atoms with Crippen LogP contribution in [0.5, 0.6) is 0 Å². The first-order chi connectivity index (χ1) is 25.4. The fourth-order valence-corrected chi connectivity index (χ4v) is 6.20. The van der Waals surface area contributed by atoms with E-state index in [0.717, 1.165) is 32.1 Å². The molecule has 3 N–H and O–H groups in total. The molecule has 0 saturated carbocycles. The fraction of sp³-hybridized carbons (Fsp3) is 0.744. The summed E-state index contributed by atoms with van der Waals surface area (Å²) in [5, 5.41) is 0. The van der Waals surface area contributed by atoms with E-state index in [2.05, 4.69) is 50.3 Å². The lowest BCUT2D eigenvalue weighted by Crippen LogP contribution is -2.27. The smallest absolute Gasteiger partial charge is 0.472 e. The van der Waals surface area contributed by atoms with E-state index in [1.807, 2.05) is 18.2 Å². The van der Waals surface area contributed by atoms with Crippen molar-refractivity contribution >= 4 is 13.8 Å². The average molecular weight is 752 g/mol. The predicted molar refractivity (Wildman–Crippen MR) is 219 cm³/mol. The molecule has 0 rings (SSSR count). The van der Waals surface area contributed by atoms with E-state index in [4.69, 9.17) is 24.3 Å². The Morgan fingerprint density at radius 2 is 1.04 bits per heavy atom. The first-order valence-electron chi connectivity index (χ1n) is 20.8. The largest absolute Gasteiger partial charge is 0.498 e. The average Bonchev–Trinajstić information content (AvgIpc) is 3.13. The molecule has 0 aliphatic heterocycles. The molecule has 8 nitrogen and oxygen atoms in total. The van der Waals surface area contributed by atoms with Crippen molar-refractivity contribution in [3.63, 3.8) is 0 Å². The van der Waals surface area contributed by atoms with Crippen molar-refractivity contribution < 1.29 is 32.8 Å². The van der Waals surface area contributed by atoms with Gasteiger partial charge in [0, 0.05) is 13.0 Å². The zero-order valence-electron chi connectivity index (χ0n) is 33.3. The summed E-state index contributed by atoms with van der Waals surface area (Å²) in [5.41, 5.74) is 5.35. The number of carbonyl (C=O) groups excluding carboxylic acids is 1. The van der Waals surface area contributed by atoms with E-state index in [0.29, 0.717) is 6.42 Å². The SMILES string of the molecule is CCCCCCCC/C=C\C/C=C\C/C=C\C/C=C\CCC(=O)OC(CO/C=C/CCCCCCCCCCCCCC)COP(=O)(O)OCCN. The first-order valence-corrected chi connectivity index (χ1v) is 22.3. The topological polar surface area (TPSA) is 117 Å². The monoisotopic (exact) mass is 752 g/mol. The minimum absolute atomic E-state index is 0.00212. The summed E-state index contributed by atoms with van der Waals surface area (Å²) in [4.78, 5) is 22.4. The Morgan fingerprint density at radius 1 is 0.596 bits per heavy atom. The van der Waals surface area contributed by atoms with E-state index in [1.165, 1.54) is 116 Å². The number of carbonyl (C=O) groups is 1. The molecule has 0 aromatic heterocycles. The summed E-state index contributed by atoms with van der Waals surface area (Å²) < 4.78 is 33.0. The number of rotatable bonds is 39. The van der Waals surface area contributed by atoms with Crippen molar-refractivity contribution in [2.75, 3.05) is 26.4 Å². The van der Waals surface area contributed by atoms with Crippen molar-refractivity contribution in [3.8, 4) is 0 Å².